The SMILES string of the molecule is ClC(=CI)c1ccccc1. The predicted molar refractivity (Wildman–Crippen MR) is 54.3 cm³/mol. The number of benzene rings is 1. The number of halogens is 2. The largest absolute Gasteiger partial charge is 0.0832 e. The van der Waals surface area contributed by atoms with Crippen molar-refractivity contribution in [3.63, 3.8) is 0 Å². The summed E-state index contributed by atoms with van der Waals surface area (Å²) in [6.45, 7) is 0. The molecule has 0 atom stereocenters. The summed E-state index contributed by atoms with van der Waals surface area (Å²) in [6, 6.07) is 9.88. The third-order valence-corrected chi connectivity index (χ3v) is 2.46. The highest BCUT2D eigenvalue weighted by molar-refractivity contribution is 14.1. The van der Waals surface area contributed by atoms with Crippen LogP contribution in [0.25, 0.3) is 5.03 Å². The summed E-state index contributed by atoms with van der Waals surface area (Å²) in [6.07, 6.45) is 0. The summed E-state index contributed by atoms with van der Waals surface area (Å²) in [5.41, 5.74) is 1.07. The van der Waals surface area contributed by atoms with E-state index in [9.17, 15) is 0 Å². The molecule has 0 unspecified atom stereocenters. The van der Waals surface area contributed by atoms with Gasteiger partial charge in [0.15, 0.2) is 0 Å². The molecule has 2 heteroatoms. The van der Waals surface area contributed by atoms with Crippen LogP contribution < -0.4 is 0 Å². The third-order valence-electron chi connectivity index (χ3n) is 1.15. The summed E-state index contributed by atoms with van der Waals surface area (Å²) in [7, 11) is 0. The van der Waals surface area contributed by atoms with Gasteiger partial charge in [-0.25, -0.2) is 0 Å². The Hall–Kier alpha value is -0.0200. The average Bonchev–Trinajstić information content (AvgIpc) is 2.05. The lowest BCUT2D eigenvalue weighted by molar-refractivity contribution is 1.66. The summed E-state index contributed by atoms with van der Waals surface area (Å²) in [5.74, 6) is 0. The van der Waals surface area contributed by atoms with E-state index in [1.807, 2.05) is 34.4 Å². The minimum atomic E-state index is 0.793. The van der Waals surface area contributed by atoms with Gasteiger partial charge in [0.25, 0.3) is 0 Å². The molecule has 0 aliphatic carbocycles. The van der Waals surface area contributed by atoms with E-state index in [1.54, 1.807) is 0 Å². The molecule has 52 valence electrons. The van der Waals surface area contributed by atoms with Gasteiger partial charge in [-0.1, -0.05) is 64.5 Å². The van der Waals surface area contributed by atoms with Gasteiger partial charge in [-0.05, 0) is 9.65 Å². The molecule has 1 rings (SSSR count). The first kappa shape index (κ1) is 8.08. The van der Waals surface area contributed by atoms with Crippen LogP contribution in [0.15, 0.2) is 34.4 Å². The van der Waals surface area contributed by atoms with Gasteiger partial charge in [-0.2, -0.15) is 0 Å². The lowest BCUT2D eigenvalue weighted by atomic mass is 10.2. The average molecular weight is 264 g/mol. The van der Waals surface area contributed by atoms with E-state index in [2.05, 4.69) is 22.6 Å². The van der Waals surface area contributed by atoms with Gasteiger partial charge in [0, 0.05) is 0 Å². The van der Waals surface area contributed by atoms with E-state index in [-0.39, 0.29) is 0 Å². The molecular weight excluding hydrogens is 258 g/mol. The second kappa shape index (κ2) is 3.98. The van der Waals surface area contributed by atoms with Crippen LogP contribution >= 0.6 is 34.2 Å². The molecule has 1 aromatic rings. The molecule has 0 saturated carbocycles. The molecule has 0 heterocycles. The van der Waals surface area contributed by atoms with Crippen LogP contribution in [0.5, 0.6) is 0 Å². The Bertz CT molecular complexity index is 228. The van der Waals surface area contributed by atoms with Gasteiger partial charge in [0.2, 0.25) is 0 Å². The van der Waals surface area contributed by atoms with Crippen molar-refractivity contribution in [2.24, 2.45) is 0 Å². The van der Waals surface area contributed by atoms with E-state index in [0.29, 0.717) is 0 Å². The highest BCUT2D eigenvalue weighted by atomic mass is 127. The maximum atomic E-state index is 5.84. The fourth-order valence-corrected chi connectivity index (χ4v) is 1.15. The topological polar surface area (TPSA) is 0 Å². The van der Waals surface area contributed by atoms with Crippen LogP contribution in [0.4, 0.5) is 0 Å². The van der Waals surface area contributed by atoms with Crippen LogP contribution in [0.2, 0.25) is 0 Å². The second-order valence-electron chi connectivity index (χ2n) is 1.82. The highest BCUT2D eigenvalue weighted by Gasteiger charge is 1.92. The van der Waals surface area contributed by atoms with Crippen LogP contribution in [0.3, 0.4) is 0 Å². The minimum Gasteiger partial charge on any atom is -0.0832 e. The minimum absolute atomic E-state index is 0.793. The first-order valence-corrected chi connectivity index (χ1v) is 4.48. The molecule has 0 aromatic heterocycles. The molecule has 0 bridgehead atoms. The zero-order valence-electron chi connectivity index (χ0n) is 5.22. The van der Waals surface area contributed by atoms with Crippen LogP contribution in [-0.2, 0) is 0 Å². The summed E-state index contributed by atoms with van der Waals surface area (Å²) < 4.78 is 1.86. The molecule has 0 aliphatic rings. The molecule has 0 amide bonds. The fraction of sp³-hybridized carbons (Fsp3) is 0. The number of hydrogen-bond acceptors (Lipinski definition) is 0. The van der Waals surface area contributed by atoms with Crippen LogP contribution in [0.1, 0.15) is 5.56 Å². The molecule has 0 radical (unpaired) electrons. The zero-order valence-corrected chi connectivity index (χ0v) is 8.13. The Balaban J connectivity index is 2.96. The van der Waals surface area contributed by atoms with Crippen molar-refractivity contribution in [3.8, 4) is 0 Å². The second-order valence-corrected chi connectivity index (χ2v) is 2.85. The monoisotopic (exact) mass is 264 g/mol. The van der Waals surface area contributed by atoms with Crippen molar-refractivity contribution in [2.75, 3.05) is 0 Å². The smallest absolute Gasteiger partial charge is 0.0538 e. The molecule has 0 nitrogen and oxygen atoms in total. The van der Waals surface area contributed by atoms with Crippen molar-refractivity contribution in [1.82, 2.24) is 0 Å². The molecule has 1 aromatic carbocycles. The van der Waals surface area contributed by atoms with Gasteiger partial charge < -0.3 is 0 Å². The maximum Gasteiger partial charge on any atom is 0.0538 e. The molecule has 0 spiro atoms. The predicted octanol–water partition coefficient (Wildman–Crippen LogP) is 3.66. The molecular formula is C8H6ClI. The standard InChI is InChI=1S/C8H6ClI/c9-8(6-10)7-4-2-1-3-5-7/h1-6H. The van der Waals surface area contributed by atoms with Gasteiger partial charge in [-0.15, -0.1) is 0 Å². The lowest BCUT2D eigenvalue weighted by Crippen LogP contribution is -1.71. The van der Waals surface area contributed by atoms with Gasteiger partial charge in [-0.3, -0.25) is 0 Å². The first-order chi connectivity index (χ1) is 4.84. The molecule has 10 heavy (non-hydrogen) atoms. The van der Waals surface area contributed by atoms with E-state index in [4.69, 9.17) is 11.6 Å². The van der Waals surface area contributed by atoms with E-state index in [0.717, 1.165) is 10.6 Å². The van der Waals surface area contributed by atoms with Crippen molar-refractivity contribution in [2.45, 2.75) is 0 Å². The molecule has 0 saturated heterocycles. The van der Waals surface area contributed by atoms with Crippen LogP contribution in [-0.4, -0.2) is 0 Å². The van der Waals surface area contributed by atoms with Crippen LogP contribution in [0, 0.1) is 0 Å². The summed E-state index contributed by atoms with van der Waals surface area (Å²) >= 11 is 7.97. The molecule has 0 fully saturated rings. The Morgan fingerprint density at radius 2 is 1.90 bits per heavy atom. The molecule has 0 N–H and O–H groups in total. The van der Waals surface area contributed by atoms with Crippen molar-refractivity contribution in [3.05, 3.63) is 40.0 Å². The fourth-order valence-electron chi connectivity index (χ4n) is 0.660. The normalized spacial score (nSPS) is 11.6. The van der Waals surface area contributed by atoms with E-state index in [1.165, 1.54) is 0 Å². The molecule has 0 aliphatic heterocycles. The number of rotatable bonds is 1. The Morgan fingerprint density at radius 3 is 2.40 bits per heavy atom. The Labute approximate surface area is 79.0 Å². The Morgan fingerprint density at radius 1 is 1.30 bits per heavy atom. The number of hydrogen-bond donors (Lipinski definition) is 0. The van der Waals surface area contributed by atoms with E-state index >= 15 is 0 Å². The van der Waals surface area contributed by atoms with Crippen molar-refractivity contribution in [1.29, 1.82) is 0 Å². The maximum absolute atomic E-state index is 5.84. The van der Waals surface area contributed by atoms with E-state index < -0.39 is 0 Å². The summed E-state index contributed by atoms with van der Waals surface area (Å²) in [4.78, 5) is 0. The first-order valence-electron chi connectivity index (χ1n) is 2.86. The summed E-state index contributed by atoms with van der Waals surface area (Å²) in [5, 5.41) is 0.793. The third kappa shape index (κ3) is 1.99. The zero-order chi connectivity index (χ0) is 7.40. The van der Waals surface area contributed by atoms with Crippen molar-refractivity contribution < 1.29 is 0 Å². The van der Waals surface area contributed by atoms with Gasteiger partial charge in [0.1, 0.15) is 0 Å². The van der Waals surface area contributed by atoms with Crippen molar-refractivity contribution >= 4 is 39.2 Å². The quantitative estimate of drug-likeness (QED) is 0.679. The lowest BCUT2D eigenvalue weighted by Gasteiger charge is -1.94. The van der Waals surface area contributed by atoms with Gasteiger partial charge >= 0.3 is 0 Å². The highest BCUT2D eigenvalue weighted by Crippen LogP contribution is 2.19. The van der Waals surface area contributed by atoms with Gasteiger partial charge in [0.05, 0.1) is 5.03 Å². The Kier molecular flexibility index (Phi) is 3.22.